The maximum atomic E-state index is 12.8. The van der Waals surface area contributed by atoms with Crippen molar-refractivity contribution in [3.8, 4) is 10.4 Å². The zero-order valence-electron chi connectivity index (χ0n) is 16.9. The number of aryl methyl sites for hydroxylation is 2. The van der Waals surface area contributed by atoms with Crippen molar-refractivity contribution in [2.24, 2.45) is 7.05 Å². The molecule has 0 aliphatic rings. The van der Waals surface area contributed by atoms with Gasteiger partial charge >= 0.3 is 0 Å². The lowest BCUT2D eigenvalue weighted by molar-refractivity contribution is -0.113. The number of benzene rings is 2. The summed E-state index contributed by atoms with van der Waals surface area (Å²) in [5.41, 5.74) is 4.51. The predicted octanol–water partition coefficient (Wildman–Crippen LogP) is 5.01. The van der Waals surface area contributed by atoms with E-state index in [2.05, 4.69) is 10.3 Å². The molecule has 0 aliphatic heterocycles. The highest BCUT2D eigenvalue weighted by molar-refractivity contribution is 7.99. The fraction of sp³-hybridized carbons (Fsp3) is 0.174. The fourth-order valence-electron chi connectivity index (χ4n) is 3.23. The molecule has 0 aliphatic carbocycles. The Morgan fingerprint density at radius 2 is 1.80 bits per heavy atom. The van der Waals surface area contributed by atoms with Crippen molar-refractivity contribution in [1.82, 2.24) is 9.55 Å². The molecular weight excluding hydrogens is 414 g/mol. The minimum Gasteiger partial charge on any atom is -0.325 e. The quantitative estimate of drug-likeness (QED) is 0.354. The maximum absolute atomic E-state index is 12.8. The van der Waals surface area contributed by atoms with Crippen molar-refractivity contribution in [1.29, 1.82) is 0 Å². The number of thiophene rings is 1. The Bertz CT molecular complexity index is 1270. The van der Waals surface area contributed by atoms with Gasteiger partial charge in [-0.15, -0.1) is 11.3 Å². The zero-order valence-corrected chi connectivity index (χ0v) is 18.6. The number of amides is 1. The third-order valence-corrected chi connectivity index (χ3v) is 7.04. The van der Waals surface area contributed by atoms with Gasteiger partial charge in [0.05, 0.1) is 11.3 Å². The van der Waals surface area contributed by atoms with Gasteiger partial charge in [0.1, 0.15) is 4.70 Å². The molecule has 0 atom stereocenters. The fourth-order valence-corrected chi connectivity index (χ4v) is 5.08. The van der Waals surface area contributed by atoms with E-state index in [4.69, 9.17) is 0 Å². The smallest absolute Gasteiger partial charge is 0.271 e. The summed E-state index contributed by atoms with van der Waals surface area (Å²) < 4.78 is 2.14. The molecule has 7 heteroatoms. The average Bonchev–Trinajstić information content (AvgIpc) is 3.17. The first-order chi connectivity index (χ1) is 14.4. The van der Waals surface area contributed by atoms with Gasteiger partial charge in [0.25, 0.3) is 5.56 Å². The number of nitrogens with zero attached hydrogens (tertiary/aromatic N) is 2. The Labute approximate surface area is 182 Å². The van der Waals surface area contributed by atoms with Crippen molar-refractivity contribution >= 4 is 44.9 Å². The minimum atomic E-state index is -0.123. The Balaban J connectivity index is 1.56. The van der Waals surface area contributed by atoms with Crippen LogP contribution >= 0.6 is 23.1 Å². The van der Waals surface area contributed by atoms with Crippen LogP contribution in [0.3, 0.4) is 0 Å². The monoisotopic (exact) mass is 435 g/mol. The van der Waals surface area contributed by atoms with Gasteiger partial charge in [-0.3, -0.25) is 14.2 Å². The van der Waals surface area contributed by atoms with Crippen molar-refractivity contribution in [3.05, 3.63) is 76.1 Å². The molecule has 2 heterocycles. The van der Waals surface area contributed by atoms with E-state index in [-0.39, 0.29) is 17.2 Å². The number of carbonyl (C=O) groups is 1. The number of para-hydroxylation sites is 1. The Kier molecular flexibility index (Phi) is 5.74. The molecule has 0 radical (unpaired) electrons. The first-order valence-corrected chi connectivity index (χ1v) is 11.3. The van der Waals surface area contributed by atoms with E-state index in [9.17, 15) is 9.59 Å². The number of aromatic nitrogens is 2. The van der Waals surface area contributed by atoms with Gasteiger partial charge in [-0.05, 0) is 36.6 Å². The number of anilines is 1. The molecule has 0 saturated heterocycles. The van der Waals surface area contributed by atoms with Crippen LogP contribution in [0.4, 0.5) is 5.69 Å². The summed E-state index contributed by atoms with van der Waals surface area (Å²) in [6.45, 7) is 3.94. The van der Waals surface area contributed by atoms with Crippen molar-refractivity contribution < 1.29 is 4.79 Å². The first kappa shape index (κ1) is 20.4. The van der Waals surface area contributed by atoms with Gasteiger partial charge in [0.15, 0.2) is 5.16 Å². The van der Waals surface area contributed by atoms with E-state index in [1.165, 1.54) is 27.7 Å². The number of nitrogens with one attached hydrogen (secondary N) is 1. The van der Waals surface area contributed by atoms with Crippen molar-refractivity contribution in [3.63, 3.8) is 0 Å². The second kappa shape index (κ2) is 8.45. The van der Waals surface area contributed by atoms with E-state index < -0.39 is 0 Å². The van der Waals surface area contributed by atoms with Gasteiger partial charge in [-0.25, -0.2) is 4.98 Å². The standard InChI is InChI=1S/C23H21N3O2S2/c1-14-8-7-9-15(2)20(14)25-19(27)13-29-23-24-17-12-18(16-10-5-4-6-11-16)30-21(17)22(28)26(23)3/h4-12H,13H2,1-3H3,(H,25,27). The predicted molar refractivity (Wildman–Crippen MR) is 126 cm³/mol. The number of hydrogen-bond donors (Lipinski definition) is 1. The van der Waals surface area contributed by atoms with Crippen molar-refractivity contribution in [2.45, 2.75) is 19.0 Å². The lowest BCUT2D eigenvalue weighted by Crippen LogP contribution is -2.21. The number of rotatable bonds is 5. The van der Waals surface area contributed by atoms with Gasteiger partial charge in [-0.1, -0.05) is 60.3 Å². The molecule has 1 N–H and O–H groups in total. The SMILES string of the molecule is Cc1cccc(C)c1NC(=O)CSc1nc2cc(-c3ccccc3)sc2c(=O)n1C. The Hall–Kier alpha value is -2.90. The topological polar surface area (TPSA) is 64.0 Å². The van der Waals surface area contributed by atoms with E-state index in [1.54, 1.807) is 7.05 Å². The Morgan fingerprint density at radius 1 is 1.10 bits per heavy atom. The van der Waals surface area contributed by atoms with Crippen LogP contribution in [0, 0.1) is 13.8 Å². The molecular formula is C23H21N3O2S2. The third kappa shape index (κ3) is 4.04. The van der Waals surface area contributed by atoms with Crippen LogP contribution in [-0.2, 0) is 11.8 Å². The number of carbonyl (C=O) groups excluding carboxylic acids is 1. The van der Waals surface area contributed by atoms with E-state index in [1.807, 2.05) is 68.4 Å². The molecule has 5 nitrogen and oxygen atoms in total. The van der Waals surface area contributed by atoms with Crippen LogP contribution in [-0.4, -0.2) is 21.2 Å². The Morgan fingerprint density at radius 3 is 2.50 bits per heavy atom. The van der Waals surface area contributed by atoms with Gasteiger partial charge in [0, 0.05) is 17.6 Å². The third-order valence-electron chi connectivity index (χ3n) is 4.85. The van der Waals surface area contributed by atoms with Crippen LogP contribution in [0.1, 0.15) is 11.1 Å². The summed E-state index contributed by atoms with van der Waals surface area (Å²) in [6, 6.07) is 17.8. The van der Waals surface area contributed by atoms with Crippen LogP contribution in [0.5, 0.6) is 0 Å². The van der Waals surface area contributed by atoms with Crippen molar-refractivity contribution in [2.75, 3.05) is 11.1 Å². The molecule has 4 aromatic rings. The highest BCUT2D eigenvalue weighted by atomic mass is 32.2. The summed E-state index contributed by atoms with van der Waals surface area (Å²) in [4.78, 5) is 31.0. The summed E-state index contributed by atoms with van der Waals surface area (Å²) in [5, 5.41) is 3.50. The second-order valence-corrected chi connectivity index (χ2v) is 9.05. The summed E-state index contributed by atoms with van der Waals surface area (Å²) in [7, 11) is 1.70. The van der Waals surface area contributed by atoms with Crippen LogP contribution in [0.15, 0.2) is 64.5 Å². The molecule has 0 spiro atoms. The highest BCUT2D eigenvalue weighted by Crippen LogP contribution is 2.31. The number of thioether (sulfide) groups is 1. The van der Waals surface area contributed by atoms with E-state index >= 15 is 0 Å². The van der Waals surface area contributed by atoms with E-state index in [0.29, 0.717) is 15.4 Å². The molecule has 4 rings (SSSR count). The summed E-state index contributed by atoms with van der Waals surface area (Å²) in [6.07, 6.45) is 0. The molecule has 0 fully saturated rings. The lowest BCUT2D eigenvalue weighted by Gasteiger charge is -2.11. The summed E-state index contributed by atoms with van der Waals surface area (Å²) >= 11 is 2.71. The zero-order chi connectivity index (χ0) is 21.3. The number of fused-ring (bicyclic) bond motifs is 1. The molecule has 2 aromatic carbocycles. The molecule has 0 unspecified atom stereocenters. The van der Waals surface area contributed by atoms with Crippen LogP contribution < -0.4 is 10.9 Å². The molecule has 1 amide bonds. The molecule has 0 saturated carbocycles. The van der Waals surface area contributed by atoms with E-state index in [0.717, 1.165) is 27.3 Å². The molecule has 0 bridgehead atoms. The normalized spacial score (nSPS) is 11.0. The second-order valence-electron chi connectivity index (χ2n) is 7.05. The molecule has 152 valence electrons. The largest absolute Gasteiger partial charge is 0.325 e. The number of hydrogen-bond acceptors (Lipinski definition) is 5. The van der Waals surface area contributed by atoms with Crippen LogP contribution in [0.2, 0.25) is 0 Å². The lowest BCUT2D eigenvalue weighted by atomic mass is 10.1. The van der Waals surface area contributed by atoms with Gasteiger partial charge in [-0.2, -0.15) is 0 Å². The van der Waals surface area contributed by atoms with Crippen LogP contribution in [0.25, 0.3) is 20.7 Å². The molecule has 30 heavy (non-hydrogen) atoms. The first-order valence-electron chi connectivity index (χ1n) is 9.49. The summed E-state index contributed by atoms with van der Waals surface area (Å²) in [5.74, 6) is 0.0527. The average molecular weight is 436 g/mol. The highest BCUT2D eigenvalue weighted by Gasteiger charge is 2.15. The minimum absolute atomic E-state index is 0.0927. The molecule has 2 aromatic heterocycles. The maximum Gasteiger partial charge on any atom is 0.271 e. The van der Waals surface area contributed by atoms with Gasteiger partial charge in [0.2, 0.25) is 5.91 Å². The van der Waals surface area contributed by atoms with Gasteiger partial charge < -0.3 is 5.32 Å².